The average Bonchev–Trinajstić information content (AvgIpc) is 3.53. The van der Waals surface area contributed by atoms with Crippen LogP contribution in [0.25, 0.3) is 11.2 Å². The minimum Gasteiger partial charge on any atom is -0.479 e. The Kier molecular flexibility index (Phi) is 9.46. The summed E-state index contributed by atoms with van der Waals surface area (Å²) < 4.78 is 37.3. The van der Waals surface area contributed by atoms with Crippen molar-refractivity contribution in [2.45, 2.75) is 70.3 Å². The van der Waals surface area contributed by atoms with Crippen LogP contribution in [0.4, 0.5) is 5.95 Å². The molecule has 19 heteroatoms. The zero-order valence-electron chi connectivity index (χ0n) is 23.5. The number of esters is 1. The quantitative estimate of drug-likeness (QED) is 0.116. The van der Waals surface area contributed by atoms with Crippen LogP contribution in [0, 0.1) is 5.92 Å². The molecule has 2 fully saturated rings. The zero-order valence-corrected chi connectivity index (χ0v) is 25.3. The van der Waals surface area contributed by atoms with Crippen molar-refractivity contribution < 1.29 is 47.9 Å². The Hall–Kier alpha value is -2.86. The number of hydrogen-bond donors (Lipinski definition) is 5. The standard InChI is InChI=1S/C23H34N7O10PS/c1-10(2)39-20(34)11(3)29-41(36,42-8-12-6-14(31)26-18(12)33)38-7-13-16(32)23(4,35)21(40-13)30-9-25-15-17(30)27-22(24)28-19(15)37-5/h9-13,16,21,32,35H,6-8H2,1-5H3,(H,29,36)(H2,24,27,28)(H,26,31,33)/t11-,12?,13-,16-,21-,23-,41+/m1/s1. The molecule has 1 unspecified atom stereocenters. The van der Waals surface area contributed by atoms with Gasteiger partial charge in [0.05, 0.1) is 32.1 Å². The van der Waals surface area contributed by atoms with Crippen LogP contribution in [0.15, 0.2) is 6.33 Å². The topological polar surface area (TPSA) is 239 Å². The molecule has 4 heterocycles. The Morgan fingerprint density at radius 2 is 2.10 bits per heavy atom. The van der Waals surface area contributed by atoms with Gasteiger partial charge in [0.25, 0.3) is 0 Å². The number of nitrogens with zero attached hydrogens (tertiary/aromatic N) is 4. The van der Waals surface area contributed by atoms with E-state index >= 15 is 0 Å². The van der Waals surface area contributed by atoms with Crippen molar-refractivity contribution in [1.29, 1.82) is 0 Å². The maximum Gasteiger partial charge on any atom is 0.327 e. The summed E-state index contributed by atoms with van der Waals surface area (Å²) in [5.41, 5.74) is 4.29. The number of aliphatic hydroxyl groups is 2. The maximum atomic E-state index is 13.9. The van der Waals surface area contributed by atoms with Crippen molar-refractivity contribution in [1.82, 2.24) is 29.9 Å². The summed E-state index contributed by atoms with van der Waals surface area (Å²) in [5, 5.41) is 27.1. The fraction of sp³-hybridized carbons (Fsp3) is 0.652. The number of nitrogens with two attached hydrogens (primary N) is 1. The third-order valence-electron chi connectivity index (χ3n) is 6.58. The van der Waals surface area contributed by atoms with E-state index in [1.807, 2.05) is 0 Å². The van der Waals surface area contributed by atoms with Crippen molar-refractivity contribution in [2.24, 2.45) is 5.92 Å². The molecule has 2 saturated heterocycles. The van der Waals surface area contributed by atoms with E-state index in [0.717, 1.165) is 11.4 Å². The lowest BCUT2D eigenvalue weighted by Crippen LogP contribution is -2.44. The lowest BCUT2D eigenvalue weighted by atomic mass is 9.96. The number of imide groups is 1. The van der Waals surface area contributed by atoms with Gasteiger partial charge in [0, 0.05) is 12.2 Å². The van der Waals surface area contributed by atoms with Crippen LogP contribution in [0.1, 0.15) is 40.3 Å². The summed E-state index contributed by atoms with van der Waals surface area (Å²) >= 11 is 0.724. The third-order valence-corrected chi connectivity index (χ3v) is 10.8. The van der Waals surface area contributed by atoms with Crippen LogP contribution >= 0.6 is 18.1 Å². The number of hydrogen-bond acceptors (Lipinski definition) is 15. The molecule has 2 aromatic heterocycles. The monoisotopic (exact) mass is 631 g/mol. The molecule has 0 bridgehead atoms. The third kappa shape index (κ3) is 6.69. The van der Waals surface area contributed by atoms with Gasteiger partial charge in [-0.1, -0.05) is 11.4 Å². The van der Waals surface area contributed by atoms with Crippen molar-refractivity contribution in [3.05, 3.63) is 6.33 Å². The number of imidazole rings is 1. The number of rotatable bonds is 12. The molecule has 0 aromatic carbocycles. The second-order valence-electron chi connectivity index (χ2n) is 10.4. The summed E-state index contributed by atoms with van der Waals surface area (Å²) in [4.78, 5) is 48.4. The number of aromatic nitrogens is 4. The maximum absolute atomic E-state index is 13.9. The van der Waals surface area contributed by atoms with E-state index in [1.165, 1.54) is 31.9 Å². The lowest BCUT2D eigenvalue weighted by molar-refractivity contribution is -0.149. The van der Waals surface area contributed by atoms with Gasteiger partial charge in [-0.2, -0.15) is 9.97 Å². The van der Waals surface area contributed by atoms with Gasteiger partial charge in [-0.15, -0.1) is 0 Å². The zero-order chi connectivity index (χ0) is 31.0. The molecular formula is C23H34N7O10PS. The largest absolute Gasteiger partial charge is 0.479 e. The molecule has 2 amide bonds. The van der Waals surface area contributed by atoms with E-state index in [2.05, 4.69) is 25.4 Å². The number of amides is 2. The van der Waals surface area contributed by atoms with E-state index in [-0.39, 0.29) is 35.2 Å². The molecule has 6 N–H and O–H groups in total. The van der Waals surface area contributed by atoms with Gasteiger partial charge >= 0.3 is 12.7 Å². The number of methoxy groups -OCH3 is 1. The summed E-state index contributed by atoms with van der Waals surface area (Å²) in [5.74, 6) is -2.48. The van der Waals surface area contributed by atoms with Crippen LogP contribution in [0.3, 0.4) is 0 Å². The van der Waals surface area contributed by atoms with Gasteiger partial charge in [-0.3, -0.25) is 28.8 Å². The van der Waals surface area contributed by atoms with Crippen molar-refractivity contribution in [3.63, 3.8) is 0 Å². The Morgan fingerprint density at radius 3 is 2.71 bits per heavy atom. The van der Waals surface area contributed by atoms with E-state index in [1.54, 1.807) is 13.8 Å². The highest BCUT2D eigenvalue weighted by atomic mass is 32.7. The van der Waals surface area contributed by atoms with Crippen LogP contribution in [0.5, 0.6) is 5.88 Å². The number of nitrogen functional groups attached to an aromatic ring is 1. The van der Waals surface area contributed by atoms with Gasteiger partial charge in [0.2, 0.25) is 23.6 Å². The van der Waals surface area contributed by atoms with Crippen molar-refractivity contribution in [2.75, 3.05) is 25.2 Å². The number of ether oxygens (including phenoxy) is 3. The van der Waals surface area contributed by atoms with Crippen molar-refractivity contribution in [3.8, 4) is 5.88 Å². The first-order valence-electron chi connectivity index (χ1n) is 13.0. The van der Waals surface area contributed by atoms with Gasteiger partial charge in [-0.05, 0) is 27.7 Å². The second-order valence-corrected chi connectivity index (χ2v) is 14.7. The van der Waals surface area contributed by atoms with E-state index in [0.29, 0.717) is 0 Å². The smallest absolute Gasteiger partial charge is 0.327 e. The average molecular weight is 632 g/mol. The predicted molar refractivity (Wildman–Crippen MR) is 148 cm³/mol. The molecule has 0 radical (unpaired) electrons. The van der Waals surface area contributed by atoms with Crippen molar-refractivity contribution >= 4 is 53.0 Å². The molecule has 232 valence electrons. The molecule has 42 heavy (non-hydrogen) atoms. The second kappa shape index (κ2) is 12.4. The van der Waals surface area contributed by atoms with E-state index < -0.39 is 73.2 Å². The van der Waals surface area contributed by atoms with E-state index in [9.17, 15) is 29.2 Å². The summed E-state index contributed by atoms with van der Waals surface area (Å²) in [6, 6.07) is -1.08. The van der Waals surface area contributed by atoms with Crippen LogP contribution < -0.4 is 20.9 Å². The SMILES string of the molecule is COc1nc(N)nc2c1ncn2[C@@H]1O[C@H](CO[P@@](=O)(N[C@H](C)C(=O)OC(C)C)SCC2CC(=O)NC2=O)[C@@H](O)[C@@]1(C)O. The van der Waals surface area contributed by atoms with Gasteiger partial charge in [-0.25, -0.2) is 10.1 Å². The summed E-state index contributed by atoms with van der Waals surface area (Å²) in [7, 11) is 1.38. The number of aliphatic hydroxyl groups excluding tert-OH is 1. The highest BCUT2D eigenvalue weighted by Gasteiger charge is 2.54. The molecule has 0 spiro atoms. The van der Waals surface area contributed by atoms with Gasteiger partial charge in [0.1, 0.15) is 23.9 Å². The first-order valence-corrected chi connectivity index (χ1v) is 16.2. The number of carbonyl (C=O) groups excluding carboxylic acids is 3. The normalized spacial score (nSPS) is 28.2. The van der Waals surface area contributed by atoms with Crippen LogP contribution in [0.2, 0.25) is 0 Å². The van der Waals surface area contributed by atoms with Gasteiger partial charge in [0.15, 0.2) is 17.4 Å². The molecule has 0 saturated carbocycles. The number of fused-ring (bicyclic) bond motifs is 1. The first kappa shape index (κ1) is 32.1. The molecule has 2 aliphatic heterocycles. The Bertz CT molecular complexity index is 1410. The number of anilines is 1. The molecule has 0 aliphatic carbocycles. The fourth-order valence-electron chi connectivity index (χ4n) is 4.44. The Balaban J connectivity index is 1.53. The van der Waals surface area contributed by atoms with Crippen LogP contribution in [-0.2, 0) is 32.9 Å². The molecule has 4 rings (SSSR count). The molecular weight excluding hydrogens is 597 g/mol. The highest BCUT2D eigenvalue weighted by molar-refractivity contribution is 8.56. The van der Waals surface area contributed by atoms with Crippen LogP contribution in [-0.4, -0.2) is 96.9 Å². The number of nitrogens with one attached hydrogen (secondary N) is 2. The summed E-state index contributed by atoms with van der Waals surface area (Å²) in [6.07, 6.45) is -3.19. The molecule has 2 aliphatic rings. The minimum atomic E-state index is -4.00. The Morgan fingerprint density at radius 1 is 1.38 bits per heavy atom. The van der Waals surface area contributed by atoms with E-state index in [4.69, 9.17) is 24.5 Å². The lowest BCUT2D eigenvalue weighted by Gasteiger charge is -2.27. The molecule has 17 nitrogen and oxygen atoms in total. The van der Waals surface area contributed by atoms with Gasteiger partial charge < -0.3 is 34.7 Å². The minimum absolute atomic E-state index is 0.0633. The molecule has 2 aromatic rings. The predicted octanol–water partition coefficient (Wildman–Crippen LogP) is -0.123. The molecule has 7 atom stereocenters. The summed E-state index contributed by atoms with van der Waals surface area (Å²) in [6.45, 7) is 1.59. The first-order chi connectivity index (χ1) is 19.6. The Labute approximate surface area is 244 Å². The number of carbonyl (C=O) groups is 3. The highest BCUT2D eigenvalue weighted by Crippen LogP contribution is 2.58. The fourth-order valence-corrected chi connectivity index (χ4v) is 8.46.